The molecule has 0 atom stereocenters. The van der Waals surface area contributed by atoms with E-state index in [9.17, 15) is 20.0 Å². The summed E-state index contributed by atoms with van der Waals surface area (Å²) in [5, 5.41) is 24.5. The van der Waals surface area contributed by atoms with Gasteiger partial charge in [-0.3, -0.25) is 14.9 Å². The zero-order chi connectivity index (χ0) is 19.6. The van der Waals surface area contributed by atoms with Crippen LogP contribution < -0.4 is 5.43 Å². The average Bonchev–Trinajstić information content (AvgIpc) is 2.93. The first-order valence-corrected chi connectivity index (χ1v) is 8.13. The summed E-state index contributed by atoms with van der Waals surface area (Å²) in [7, 11) is 1.81. The molecule has 3 rings (SSSR count). The zero-order valence-electron chi connectivity index (χ0n) is 14.1. The van der Waals surface area contributed by atoms with Gasteiger partial charge in [-0.1, -0.05) is 23.7 Å². The van der Waals surface area contributed by atoms with E-state index in [0.29, 0.717) is 5.82 Å². The summed E-state index contributed by atoms with van der Waals surface area (Å²) < 4.78 is 1.81. The van der Waals surface area contributed by atoms with Crippen LogP contribution in [0.3, 0.4) is 0 Å². The number of halogens is 1. The fourth-order valence-corrected chi connectivity index (χ4v) is 2.77. The molecule has 0 aliphatic carbocycles. The van der Waals surface area contributed by atoms with Crippen molar-refractivity contribution in [2.75, 3.05) is 0 Å². The number of nitrogens with one attached hydrogen (secondary N) is 1. The first-order chi connectivity index (χ1) is 12.9. The Balaban J connectivity index is 1.72. The second kappa shape index (κ2) is 7.42. The van der Waals surface area contributed by atoms with Crippen molar-refractivity contribution in [1.29, 1.82) is 0 Å². The molecule has 0 unspecified atom stereocenters. The standard InChI is InChI=1S/C17H14ClN5O4/c1-22-13-5-3-2-4-12(13)20-15(22)8-16(24)21-19-9-10-6-11(18)7-14(17(10)25)23(26)27/h2-7,9,25H,8H2,1H3,(H,21,24)/b19-9-. The molecular formula is C17H14ClN5O4. The molecule has 1 heterocycles. The highest BCUT2D eigenvalue weighted by molar-refractivity contribution is 6.31. The van der Waals surface area contributed by atoms with Gasteiger partial charge in [0.1, 0.15) is 5.82 Å². The highest BCUT2D eigenvalue weighted by Gasteiger charge is 2.18. The van der Waals surface area contributed by atoms with E-state index in [1.54, 1.807) is 0 Å². The molecule has 10 heteroatoms. The molecule has 27 heavy (non-hydrogen) atoms. The second-order valence-corrected chi connectivity index (χ2v) is 6.10. The van der Waals surface area contributed by atoms with E-state index in [4.69, 9.17) is 11.6 Å². The normalized spacial score (nSPS) is 11.2. The Hall–Kier alpha value is -3.46. The quantitative estimate of drug-likeness (QED) is 0.395. The molecule has 0 bridgehead atoms. The minimum absolute atomic E-state index is 0.00973. The summed E-state index contributed by atoms with van der Waals surface area (Å²) in [6.45, 7) is 0. The summed E-state index contributed by atoms with van der Waals surface area (Å²) >= 11 is 5.80. The average molecular weight is 388 g/mol. The molecule has 138 valence electrons. The van der Waals surface area contributed by atoms with Crippen molar-refractivity contribution in [1.82, 2.24) is 15.0 Å². The number of phenols is 1. The fraction of sp³-hybridized carbons (Fsp3) is 0.118. The topological polar surface area (TPSA) is 123 Å². The third-order valence-corrected chi connectivity index (χ3v) is 4.09. The molecule has 2 N–H and O–H groups in total. The Labute approximate surface area is 158 Å². The third-order valence-electron chi connectivity index (χ3n) is 3.87. The number of hydrazone groups is 1. The fourth-order valence-electron chi connectivity index (χ4n) is 2.55. The van der Waals surface area contributed by atoms with Crippen molar-refractivity contribution in [3.05, 3.63) is 62.9 Å². The maximum Gasteiger partial charge on any atom is 0.312 e. The predicted octanol–water partition coefficient (Wildman–Crippen LogP) is 2.53. The van der Waals surface area contributed by atoms with Crippen LogP contribution in [0.15, 0.2) is 41.5 Å². The number of carbonyl (C=O) groups is 1. The number of nitrogens with zero attached hydrogens (tertiary/aromatic N) is 4. The minimum atomic E-state index is -0.761. The van der Waals surface area contributed by atoms with E-state index < -0.39 is 22.3 Å². The largest absolute Gasteiger partial charge is 0.502 e. The van der Waals surface area contributed by atoms with E-state index in [0.717, 1.165) is 23.3 Å². The number of fused-ring (bicyclic) bond motifs is 1. The predicted molar refractivity (Wildman–Crippen MR) is 99.9 cm³/mol. The lowest BCUT2D eigenvalue weighted by atomic mass is 10.2. The number of aromatic nitrogens is 2. The van der Waals surface area contributed by atoms with Gasteiger partial charge in [-0.05, 0) is 18.2 Å². The number of para-hydroxylation sites is 2. The number of benzene rings is 2. The van der Waals surface area contributed by atoms with Crippen LogP contribution in [0.1, 0.15) is 11.4 Å². The zero-order valence-corrected chi connectivity index (χ0v) is 14.8. The van der Waals surface area contributed by atoms with Crippen LogP contribution in [0.5, 0.6) is 5.75 Å². The molecule has 0 saturated carbocycles. The molecule has 3 aromatic rings. The summed E-state index contributed by atoms with van der Waals surface area (Å²) in [5.74, 6) is -0.455. The lowest BCUT2D eigenvalue weighted by Crippen LogP contribution is -2.21. The molecule has 9 nitrogen and oxygen atoms in total. The Morgan fingerprint density at radius 1 is 1.44 bits per heavy atom. The number of aryl methyl sites for hydroxylation is 1. The van der Waals surface area contributed by atoms with Crippen LogP contribution in [0, 0.1) is 10.1 Å². The van der Waals surface area contributed by atoms with Crippen molar-refractivity contribution >= 4 is 40.4 Å². The van der Waals surface area contributed by atoms with Crippen LogP contribution in [0.25, 0.3) is 11.0 Å². The number of phenolic OH excluding ortho intramolecular Hbond substituents is 1. The van der Waals surface area contributed by atoms with Crippen molar-refractivity contribution < 1.29 is 14.8 Å². The Kier molecular flexibility index (Phi) is 5.04. The highest BCUT2D eigenvalue weighted by Crippen LogP contribution is 2.32. The number of nitro benzene ring substituents is 1. The first-order valence-electron chi connectivity index (χ1n) is 7.76. The Morgan fingerprint density at radius 2 is 2.19 bits per heavy atom. The van der Waals surface area contributed by atoms with Crippen molar-refractivity contribution in [2.24, 2.45) is 12.1 Å². The van der Waals surface area contributed by atoms with Gasteiger partial charge in [0, 0.05) is 23.7 Å². The summed E-state index contributed by atoms with van der Waals surface area (Å²) in [5.41, 5.74) is 3.45. The molecule has 0 radical (unpaired) electrons. The molecule has 0 spiro atoms. The maximum atomic E-state index is 12.1. The van der Waals surface area contributed by atoms with Gasteiger partial charge >= 0.3 is 5.69 Å². The van der Waals surface area contributed by atoms with Crippen molar-refractivity contribution in [2.45, 2.75) is 6.42 Å². The van der Waals surface area contributed by atoms with E-state index in [2.05, 4.69) is 15.5 Å². The van der Waals surface area contributed by atoms with Gasteiger partial charge in [0.2, 0.25) is 11.7 Å². The second-order valence-electron chi connectivity index (χ2n) is 5.67. The Morgan fingerprint density at radius 3 is 2.89 bits per heavy atom. The van der Waals surface area contributed by atoms with Gasteiger partial charge in [0.15, 0.2) is 0 Å². The number of aromatic hydroxyl groups is 1. The Bertz CT molecular complexity index is 1080. The summed E-state index contributed by atoms with van der Waals surface area (Å²) in [4.78, 5) is 26.6. The molecule has 0 aliphatic rings. The molecule has 0 fully saturated rings. The number of hydrogen-bond acceptors (Lipinski definition) is 6. The lowest BCUT2D eigenvalue weighted by Gasteiger charge is -2.03. The number of rotatable bonds is 5. The van der Waals surface area contributed by atoms with Crippen LogP contribution in [0.2, 0.25) is 5.02 Å². The molecule has 0 aliphatic heterocycles. The molecular weight excluding hydrogens is 374 g/mol. The number of amides is 1. The molecule has 0 saturated heterocycles. The monoisotopic (exact) mass is 387 g/mol. The SMILES string of the molecule is Cn1c(CC(=O)N/N=C\c2cc(Cl)cc([N+](=O)[O-])c2O)nc2ccccc21. The molecule has 1 aromatic heterocycles. The van der Waals surface area contributed by atoms with Gasteiger partial charge in [-0.15, -0.1) is 0 Å². The van der Waals surface area contributed by atoms with E-state index >= 15 is 0 Å². The van der Waals surface area contributed by atoms with Gasteiger partial charge < -0.3 is 9.67 Å². The van der Waals surface area contributed by atoms with Gasteiger partial charge in [-0.2, -0.15) is 5.10 Å². The van der Waals surface area contributed by atoms with Crippen LogP contribution in [-0.4, -0.2) is 31.7 Å². The molecule has 1 amide bonds. The third kappa shape index (κ3) is 3.87. The first kappa shape index (κ1) is 18.3. The van der Waals surface area contributed by atoms with Crippen LogP contribution >= 0.6 is 11.6 Å². The van der Waals surface area contributed by atoms with Crippen LogP contribution in [-0.2, 0) is 18.3 Å². The number of imidazole rings is 1. The van der Waals surface area contributed by atoms with E-state index in [1.165, 1.54) is 6.07 Å². The lowest BCUT2D eigenvalue weighted by molar-refractivity contribution is -0.385. The maximum absolute atomic E-state index is 12.1. The summed E-state index contributed by atoms with van der Waals surface area (Å²) in [6.07, 6.45) is 1.07. The van der Waals surface area contributed by atoms with Gasteiger partial charge in [0.25, 0.3) is 0 Å². The van der Waals surface area contributed by atoms with Crippen LogP contribution in [0.4, 0.5) is 5.69 Å². The number of carbonyl (C=O) groups excluding carboxylic acids is 1. The number of nitro groups is 1. The smallest absolute Gasteiger partial charge is 0.312 e. The van der Waals surface area contributed by atoms with Gasteiger partial charge in [0.05, 0.1) is 28.6 Å². The van der Waals surface area contributed by atoms with E-state index in [-0.39, 0.29) is 17.0 Å². The summed E-state index contributed by atoms with van der Waals surface area (Å²) in [6, 6.07) is 9.82. The van der Waals surface area contributed by atoms with Crippen molar-refractivity contribution in [3.8, 4) is 5.75 Å². The van der Waals surface area contributed by atoms with E-state index in [1.807, 2.05) is 35.9 Å². The number of hydrogen-bond donors (Lipinski definition) is 2. The van der Waals surface area contributed by atoms with Crippen molar-refractivity contribution in [3.63, 3.8) is 0 Å². The highest BCUT2D eigenvalue weighted by atomic mass is 35.5. The van der Waals surface area contributed by atoms with Gasteiger partial charge in [-0.25, -0.2) is 10.4 Å². The molecule has 2 aromatic carbocycles. The minimum Gasteiger partial charge on any atom is -0.502 e.